The van der Waals surface area contributed by atoms with E-state index in [-0.39, 0.29) is 24.4 Å². The van der Waals surface area contributed by atoms with E-state index >= 15 is 0 Å². The molecule has 0 radical (unpaired) electrons. The van der Waals surface area contributed by atoms with E-state index < -0.39 is 0 Å². The molecule has 1 aromatic carbocycles. The quantitative estimate of drug-likeness (QED) is 0.573. The molecule has 1 atom stereocenters. The Morgan fingerprint density at radius 1 is 1.06 bits per heavy atom. The average molecular weight is 426 g/mol. The first-order chi connectivity index (χ1) is 15.2. The van der Waals surface area contributed by atoms with Crippen LogP contribution in [0.2, 0.25) is 0 Å². The number of hydrogen-bond donors (Lipinski definition) is 2. The van der Waals surface area contributed by atoms with Gasteiger partial charge in [0.2, 0.25) is 11.8 Å². The van der Waals surface area contributed by atoms with E-state index in [1.54, 1.807) is 7.05 Å². The van der Waals surface area contributed by atoms with Gasteiger partial charge in [-0.1, -0.05) is 37.5 Å². The van der Waals surface area contributed by atoms with Crippen molar-refractivity contribution in [1.29, 1.82) is 0 Å². The lowest BCUT2D eigenvalue weighted by molar-refractivity contribution is -0.135. The van der Waals surface area contributed by atoms with Crippen molar-refractivity contribution < 1.29 is 9.59 Å². The molecular weight excluding hydrogens is 390 g/mol. The summed E-state index contributed by atoms with van der Waals surface area (Å²) in [7, 11) is 1.72. The minimum atomic E-state index is 0.0515. The molecule has 2 N–H and O–H groups in total. The Hall–Kier alpha value is -2.57. The molecule has 1 saturated carbocycles. The van der Waals surface area contributed by atoms with Crippen molar-refractivity contribution in [1.82, 2.24) is 15.5 Å². The first kappa shape index (κ1) is 21.7. The zero-order valence-electron chi connectivity index (χ0n) is 18.6. The highest BCUT2D eigenvalue weighted by Gasteiger charge is 2.32. The number of benzene rings is 1. The van der Waals surface area contributed by atoms with Gasteiger partial charge in [0.25, 0.3) is 0 Å². The van der Waals surface area contributed by atoms with Crippen LogP contribution < -0.4 is 15.5 Å². The summed E-state index contributed by atoms with van der Waals surface area (Å²) in [6.07, 6.45) is 8.62. The summed E-state index contributed by atoms with van der Waals surface area (Å²) in [5.41, 5.74) is 2.26. The molecule has 168 valence electrons. The molecule has 1 aromatic rings. The number of likely N-dealkylation sites (tertiary alicyclic amines) is 1. The molecule has 1 unspecified atom stereocenters. The number of fused-ring (bicyclic) bond motifs is 1. The minimum absolute atomic E-state index is 0.0515. The van der Waals surface area contributed by atoms with Crippen LogP contribution in [0.3, 0.4) is 0 Å². The van der Waals surface area contributed by atoms with Gasteiger partial charge in [-0.25, -0.2) is 0 Å². The van der Waals surface area contributed by atoms with E-state index in [2.05, 4.69) is 21.7 Å². The van der Waals surface area contributed by atoms with E-state index in [1.807, 2.05) is 28.0 Å². The Balaban J connectivity index is 1.26. The molecule has 2 amide bonds. The van der Waals surface area contributed by atoms with Crippen LogP contribution in [0.5, 0.6) is 0 Å². The largest absolute Gasteiger partial charge is 0.352 e. The van der Waals surface area contributed by atoms with Crippen LogP contribution in [-0.4, -0.2) is 61.9 Å². The molecule has 1 saturated heterocycles. The van der Waals surface area contributed by atoms with Crippen molar-refractivity contribution in [2.75, 3.05) is 38.1 Å². The Morgan fingerprint density at radius 2 is 1.87 bits per heavy atom. The average Bonchev–Trinajstić information content (AvgIpc) is 3.29. The second kappa shape index (κ2) is 10.2. The SMILES string of the molecule is CN=C(NCC(=O)N1CCCc2ccccc21)NC1CCN(C(=O)C2CCCCC2)C1. The van der Waals surface area contributed by atoms with Crippen LogP contribution in [0.15, 0.2) is 29.3 Å². The van der Waals surface area contributed by atoms with Crippen molar-refractivity contribution in [3.05, 3.63) is 29.8 Å². The monoisotopic (exact) mass is 425 g/mol. The standard InChI is InChI=1S/C24H35N5O2/c1-25-24(26-16-22(30)29-14-7-11-18-8-5-6-12-21(18)29)27-20-13-15-28(17-20)23(31)19-9-3-2-4-10-19/h5-6,8,12,19-20H,2-4,7,9-11,13-17H2,1H3,(H2,25,26,27). The van der Waals surface area contributed by atoms with Crippen molar-refractivity contribution in [3.63, 3.8) is 0 Å². The van der Waals surface area contributed by atoms with Gasteiger partial charge in [-0.2, -0.15) is 0 Å². The molecule has 3 aliphatic rings. The number of hydrogen-bond acceptors (Lipinski definition) is 3. The third-order valence-corrected chi connectivity index (χ3v) is 6.84. The third kappa shape index (κ3) is 5.20. The van der Waals surface area contributed by atoms with Gasteiger partial charge < -0.3 is 20.4 Å². The summed E-state index contributed by atoms with van der Waals surface area (Å²) >= 11 is 0. The number of guanidine groups is 1. The van der Waals surface area contributed by atoms with Crippen LogP contribution in [0.4, 0.5) is 5.69 Å². The lowest BCUT2D eigenvalue weighted by atomic mass is 9.88. The predicted molar refractivity (Wildman–Crippen MR) is 123 cm³/mol. The molecular formula is C24H35N5O2. The van der Waals surface area contributed by atoms with Crippen molar-refractivity contribution in [2.24, 2.45) is 10.9 Å². The highest BCUT2D eigenvalue weighted by molar-refractivity contribution is 5.98. The smallest absolute Gasteiger partial charge is 0.246 e. The Bertz CT molecular complexity index is 818. The van der Waals surface area contributed by atoms with E-state index in [9.17, 15) is 9.59 Å². The Labute approximate surface area is 185 Å². The molecule has 0 spiro atoms. The molecule has 0 bridgehead atoms. The van der Waals surface area contributed by atoms with Crippen molar-refractivity contribution in [2.45, 2.75) is 57.4 Å². The highest BCUT2D eigenvalue weighted by Crippen LogP contribution is 2.27. The molecule has 2 fully saturated rings. The molecule has 2 heterocycles. The fourth-order valence-corrected chi connectivity index (χ4v) is 5.12. The van der Waals surface area contributed by atoms with Crippen molar-refractivity contribution >= 4 is 23.5 Å². The topological polar surface area (TPSA) is 77.0 Å². The van der Waals surface area contributed by atoms with Gasteiger partial charge in [-0.05, 0) is 43.7 Å². The van der Waals surface area contributed by atoms with E-state index in [1.165, 1.54) is 24.8 Å². The van der Waals surface area contributed by atoms with Gasteiger partial charge in [0.05, 0.1) is 6.54 Å². The predicted octanol–water partition coefficient (Wildman–Crippen LogP) is 2.31. The summed E-state index contributed by atoms with van der Waals surface area (Å²) in [6, 6.07) is 8.31. The van der Waals surface area contributed by atoms with Crippen molar-refractivity contribution in [3.8, 4) is 0 Å². The summed E-state index contributed by atoms with van der Waals surface area (Å²) in [5.74, 6) is 1.21. The van der Waals surface area contributed by atoms with E-state index in [0.29, 0.717) is 18.4 Å². The number of anilines is 1. The van der Waals surface area contributed by atoms with Crippen LogP contribution in [0.1, 0.15) is 50.5 Å². The highest BCUT2D eigenvalue weighted by atomic mass is 16.2. The normalized spacial score (nSPS) is 22.2. The van der Waals surface area contributed by atoms with Crippen LogP contribution in [-0.2, 0) is 16.0 Å². The van der Waals surface area contributed by atoms with Gasteiger partial charge in [-0.15, -0.1) is 0 Å². The fraction of sp³-hybridized carbons (Fsp3) is 0.625. The van der Waals surface area contributed by atoms with E-state index in [4.69, 9.17) is 0 Å². The second-order valence-electron chi connectivity index (χ2n) is 8.95. The Kier molecular flexibility index (Phi) is 7.10. The number of para-hydroxylation sites is 1. The first-order valence-electron chi connectivity index (χ1n) is 11.8. The summed E-state index contributed by atoms with van der Waals surface area (Å²) < 4.78 is 0. The number of nitrogens with one attached hydrogen (secondary N) is 2. The van der Waals surface area contributed by atoms with Crippen LogP contribution in [0, 0.1) is 5.92 Å². The molecule has 7 heteroatoms. The maximum atomic E-state index is 12.9. The van der Waals surface area contributed by atoms with Gasteiger partial charge in [0, 0.05) is 44.3 Å². The van der Waals surface area contributed by atoms with Gasteiger partial charge in [0.15, 0.2) is 5.96 Å². The zero-order valence-corrected chi connectivity index (χ0v) is 18.6. The van der Waals surface area contributed by atoms with Gasteiger partial charge in [0.1, 0.15) is 0 Å². The lowest BCUT2D eigenvalue weighted by Crippen LogP contribution is -2.49. The molecule has 1 aliphatic carbocycles. The molecule has 7 nitrogen and oxygen atoms in total. The maximum Gasteiger partial charge on any atom is 0.246 e. The molecule has 2 aliphatic heterocycles. The summed E-state index contributed by atoms with van der Waals surface area (Å²) in [4.78, 5) is 33.8. The third-order valence-electron chi connectivity index (χ3n) is 6.84. The van der Waals surface area contributed by atoms with Gasteiger partial charge >= 0.3 is 0 Å². The molecule has 31 heavy (non-hydrogen) atoms. The Morgan fingerprint density at radius 3 is 2.68 bits per heavy atom. The fourth-order valence-electron chi connectivity index (χ4n) is 5.12. The maximum absolute atomic E-state index is 12.9. The van der Waals surface area contributed by atoms with Crippen LogP contribution in [0.25, 0.3) is 0 Å². The molecule has 0 aromatic heterocycles. The van der Waals surface area contributed by atoms with E-state index in [0.717, 1.165) is 50.9 Å². The van der Waals surface area contributed by atoms with Gasteiger partial charge in [-0.3, -0.25) is 14.6 Å². The second-order valence-corrected chi connectivity index (χ2v) is 8.95. The number of nitrogens with zero attached hydrogens (tertiary/aromatic N) is 3. The summed E-state index contributed by atoms with van der Waals surface area (Å²) in [6.45, 7) is 2.47. The number of aryl methyl sites for hydroxylation is 1. The lowest BCUT2D eigenvalue weighted by Gasteiger charge is -2.30. The number of carbonyl (C=O) groups excluding carboxylic acids is 2. The number of carbonyl (C=O) groups is 2. The summed E-state index contributed by atoms with van der Waals surface area (Å²) in [5, 5.41) is 6.58. The van der Waals surface area contributed by atoms with Crippen LogP contribution >= 0.6 is 0 Å². The number of aliphatic imine (C=N–C) groups is 1. The number of rotatable bonds is 4. The zero-order chi connectivity index (χ0) is 21.6. The number of amides is 2. The first-order valence-corrected chi connectivity index (χ1v) is 11.8. The molecule has 4 rings (SSSR count). The minimum Gasteiger partial charge on any atom is -0.352 e.